The molecule has 0 radical (unpaired) electrons. The van der Waals surface area contributed by atoms with E-state index in [4.69, 9.17) is 0 Å². The zero-order valence-electron chi connectivity index (χ0n) is 7.55. The Morgan fingerprint density at radius 3 is 2.36 bits per heavy atom. The molecule has 0 aromatic rings. The van der Waals surface area contributed by atoms with Crippen molar-refractivity contribution in [3.05, 3.63) is 0 Å². The molecule has 62 valence electrons. The molecular weight excluding hydrogens is 136 g/mol. The van der Waals surface area contributed by atoms with E-state index >= 15 is 0 Å². The highest BCUT2D eigenvalue weighted by atomic mass is 16.1. The SMILES string of the molecule is C[C@@H]1C[C@H]2C[C@@H]1C(=O)C2(C)C. The molecule has 0 aromatic carbocycles. The van der Waals surface area contributed by atoms with E-state index in [9.17, 15) is 4.79 Å². The summed E-state index contributed by atoms with van der Waals surface area (Å²) in [6.07, 6.45) is 2.45. The number of hydrogen-bond donors (Lipinski definition) is 0. The molecule has 0 saturated heterocycles. The monoisotopic (exact) mass is 152 g/mol. The molecule has 0 unspecified atom stereocenters. The number of carbonyl (C=O) groups is 1. The molecule has 1 heteroatoms. The van der Waals surface area contributed by atoms with Gasteiger partial charge in [-0.15, -0.1) is 0 Å². The smallest absolute Gasteiger partial charge is 0.142 e. The predicted molar refractivity (Wildman–Crippen MR) is 44.2 cm³/mol. The largest absolute Gasteiger partial charge is 0.299 e. The third kappa shape index (κ3) is 0.743. The van der Waals surface area contributed by atoms with Crippen LogP contribution in [0.5, 0.6) is 0 Å². The van der Waals surface area contributed by atoms with Gasteiger partial charge in [-0.25, -0.2) is 0 Å². The van der Waals surface area contributed by atoms with E-state index in [-0.39, 0.29) is 5.41 Å². The first-order chi connectivity index (χ1) is 5.03. The van der Waals surface area contributed by atoms with Gasteiger partial charge >= 0.3 is 0 Å². The number of ketones is 1. The summed E-state index contributed by atoms with van der Waals surface area (Å²) in [5, 5.41) is 0. The number of Topliss-reactive ketones (excluding diaryl/α,β-unsaturated/α-hetero) is 1. The van der Waals surface area contributed by atoms with Gasteiger partial charge in [-0.05, 0) is 24.7 Å². The molecule has 0 heterocycles. The Labute approximate surface area is 68.2 Å². The zero-order valence-corrected chi connectivity index (χ0v) is 7.55. The number of fused-ring (bicyclic) bond motifs is 2. The lowest BCUT2D eigenvalue weighted by Gasteiger charge is -2.30. The van der Waals surface area contributed by atoms with Crippen LogP contribution < -0.4 is 0 Å². The third-order valence-electron chi connectivity index (χ3n) is 3.87. The van der Waals surface area contributed by atoms with Crippen LogP contribution in [-0.4, -0.2) is 5.78 Å². The maximum Gasteiger partial charge on any atom is 0.142 e. The molecule has 1 nitrogen and oxygen atoms in total. The molecular formula is C10H16O. The van der Waals surface area contributed by atoms with Crippen molar-refractivity contribution in [2.75, 3.05) is 0 Å². The summed E-state index contributed by atoms with van der Waals surface area (Å²) in [5.74, 6) is 2.30. The Morgan fingerprint density at radius 1 is 1.36 bits per heavy atom. The topological polar surface area (TPSA) is 17.1 Å². The number of hydrogen-bond acceptors (Lipinski definition) is 1. The van der Waals surface area contributed by atoms with Crippen LogP contribution in [0, 0.1) is 23.2 Å². The van der Waals surface area contributed by atoms with Crippen molar-refractivity contribution in [3.8, 4) is 0 Å². The van der Waals surface area contributed by atoms with Gasteiger partial charge in [0.1, 0.15) is 5.78 Å². The van der Waals surface area contributed by atoms with Gasteiger partial charge in [-0.1, -0.05) is 20.8 Å². The summed E-state index contributed by atoms with van der Waals surface area (Å²) in [7, 11) is 0. The maximum atomic E-state index is 11.7. The summed E-state index contributed by atoms with van der Waals surface area (Å²) >= 11 is 0. The molecule has 0 aromatic heterocycles. The van der Waals surface area contributed by atoms with Crippen molar-refractivity contribution in [1.29, 1.82) is 0 Å². The molecule has 0 amide bonds. The van der Waals surface area contributed by atoms with Crippen molar-refractivity contribution in [1.82, 2.24) is 0 Å². The second-order valence-corrected chi connectivity index (χ2v) is 4.84. The van der Waals surface area contributed by atoms with E-state index in [0.717, 1.165) is 0 Å². The lowest BCUT2D eigenvalue weighted by Crippen LogP contribution is -2.33. The van der Waals surface area contributed by atoms with E-state index in [1.54, 1.807) is 0 Å². The van der Waals surface area contributed by atoms with Crippen LogP contribution in [0.25, 0.3) is 0 Å². The van der Waals surface area contributed by atoms with E-state index in [2.05, 4.69) is 20.8 Å². The number of carbonyl (C=O) groups excluding carboxylic acids is 1. The lowest BCUT2D eigenvalue weighted by molar-refractivity contribution is -0.131. The molecule has 2 aliphatic rings. The van der Waals surface area contributed by atoms with Crippen molar-refractivity contribution in [2.24, 2.45) is 23.2 Å². The minimum atomic E-state index is 0.0111. The molecule has 2 saturated carbocycles. The summed E-state index contributed by atoms with van der Waals surface area (Å²) in [4.78, 5) is 11.7. The minimum Gasteiger partial charge on any atom is -0.299 e. The van der Waals surface area contributed by atoms with Crippen molar-refractivity contribution in [2.45, 2.75) is 33.6 Å². The quantitative estimate of drug-likeness (QED) is 0.520. The predicted octanol–water partition coefficient (Wildman–Crippen LogP) is 2.26. The highest BCUT2D eigenvalue weighted by molar-refractivity contribution is 5.90. The Hall–Kier alpha value is -0.330. The van der Waals surface area contributed by atoms with Crippen LogP contribution in [0.1, 0.15) is 33.6 Å². The van der Waals surface area contributed by atoms with Gasteiger partial charge in [0.15, 0.2) is 0 Å². The Kier molecular flexibility index (Phi) is 1.25. The van der Waals surface area contributed by atoms with E-state index < -0.39 is 0 Å². The molecule has 2 rings (SSSR count). The fraction of sp³-hybridized carbons (Fsp3) is 0.900. The Bertz CT molecular complexity index is 205. The van der Waals surface area contributed by atoms with Crippen LogP contribution in [0.3, 0.4) is 0 Å². The zero-order chi connectivity index (χ0) is 8.22. The molecule has 0 spiro atoms. The average molecular weight is 152 g/mol. The van der Waals surface area contributed by atoms with Crippen molar-refractivity contribution in [3.63, 3.8) is 0 Å². The standard InChI is InChI=1S/C10H16O/c1-6-4-7-5-8(6)9(11)10(7,2)3/h6-8H,4-5H2,1-3H3/t6-,7+,8+/m1/s1. The first kappa shape index (κ1) is 7.33. The van der Waals surface area contributed by atoms with Crippen molar-refractivity contribution >= 4 is 5.78 Å². The summed E-state index contributed by atoms with van der Waals surface area (Å²) < 4.78 is 0. The molecule has 0 aliphatic heterocycles. The maximum absolute atomic E-state index is 11.7. The van der Waals surface area contributed by atoms with E-state index in [0.29, 0.717) is 23.5 Å². The van der Waals surface area contributed by atoms with Crippen LogP contribution in [0.15, 0.2) is 0 Å². The third-order valence-corrected chi connectivity index (χ3v) is 3.87. The lowest BCUT2D eigenvalue weighted by atomic mass is 9.72. The molecule has 0 N–H and O–H groups in total. The van der Waals surface area contributed by atoms with Crippen LogP contribution in [0.4, 0.5) is 0 Å². The van der Waals surface area contributed by atoms with Gasteiger partial charge in [0.05, 0.1) is 0 Å². The van der Waals surface area contributed by atoms with Crippen LogP contribution in [-0.2, 0) is 4.79 Å². The molecule has 11 heavy (non-hydrogen) atoms. The first-order valence-electron chi connectivity index (χ1n) is 4.58. The highest BCUT2D eigenvalue weighted by Gasteiger charge is 2.54. The molecule has 2 aliphatic carbocycles. The van der Waals surface area contributed by atoms with Gasteiger partial charge in [-0.2, -0.15) is 0 Å². The van der Waals surface area contributed by atoms with E-state index in [1.165, 1.54) is 12.8 Å². The van der Waals surface area contributed by atoms with Gasteiger partial charge in [0.25, 0.3) is 0 Å². The van der Waals surface area contributed by atoms with Gasteiger partial charge < -0.3 is 0 Å². The highest BCUT2D eigenvalue weighted by Crippen LogP contribution is 2.55. The van der Waals surface area contributed by atoms with Gasteiger partial charge in [-0.3, -0.25) is 4.79 Å². The molecule has 2 fully saturated rings. The van der Waals surface area contributed by atoms with Crippen LogP contribution in [0.2, 0.25) is 0 Å². The minimum absolute atomic E-state index is 0.0111. The average Bonchev–Trinajstić information content (AvgIpc) is 2.36. The fourth-order valence-corrected chi connectivity index (χ4v) is 2.88. The van der Waals surface area contributed by atoms with Gasteiger partial charge in [0.2, 0.25) is 0 Å². The van der Waals surface area contributed by atoms with Crippen molar-refractivity contribution < 1.29 is 4.79 Å². The second kappa shape index (κ2) is 1.88. The summed E-state index contributed by atoms with van der Waals surface area (Å²) in [6, 6.07) is 0. The van der Waals surface area contributed by atoms with Gasteiger partial charge in [0, 0.05) is 11.3 Å². The summed E-state index contributed by atoms with van der Waals surface area (Å²) in [5.41, 5.74) is 0.0111. The van der Waals surface area contributed by atoms with Crippen LogP contribution >= 0.6 is 0 Å². The Morgan fingerprint density at radius 2 is 2.00 bits per heavy atom. The normalized spacial score (nSPS) is 46.8. The first-order valence-corrected chi connectivity index (χ1v) is 4.58. The summed E-state index contributed by atoms with van der Waals surface area (Å²) in [6.45, 7) is 6.45. The second-order valence-electron chi connectivity index (χ2n) is 4.84. The molecule has 2 bridgehead atoms. The Balaban J connectivity index is 2.32. The van der Waals surface area contributed by atoms with E-state index in [1.807, 2.05) is 0 Å². The molecule has 3 atom stereocenters. The number of rotatable bonds is 0. The fourth-order valence-electron chi connectivity index (χ4n) is 2.88.